The number of benzene rings is 2. The van der Waals surface area contributed by atoms with E-state index in [0.29, 0.717) is 22.0 Å². The van der Waals surface area contributed by atoms with Crippen LogP contribution in [0.3, 0.4) is 0 Å². The largest absolute Gasteiger partial charge is 0.497 e. The van der Waals surface area contributed by atoms with E-state index in [1.54, 1.807) is 37.4 Å². The van der Waals surface area contributed by atoms with Crippen molar-refractivity contribution in [3.05, 3.63) is 53.1 Å². The van der Waals surface area contributed by atoms with Crippen molar-refractivity contribution >= 4 is 28.9 Å². The first-order valence-electron chi connectivity index (χ1n) is 8.25. The zero-order valence-corrected chi connectivity index (χ0v) is 15.2. The molecule has 2 aromatic rings. The number of likely N-dealkylation sites (N-methyl/N-ethyl adjacent to an activating group) is 1. The first-order chi connectivity index (χ1) is 12.1. The Morgan fingerprint density at radius 3 is 2.56 bits per heavy atom. The summed E-state index contributed by atoms with van der Waals surface area (Å²) in [4.78, 5) is 17.0. The number of hydrogen-bond donors (Lipinski definition) is 1. The summed E-state index contributed by atoms with van der Waals surface area (Å²) in [6, 6.07) is 12.7. The van der Waals surface area contributed by atoms with Crippen molar-refractivity contribution in [1.29, 1.82) is 0 Å². The van der Waals surface area contributed by atoms with E-state index in [4.69, 9.17) is 16.3 Å². The van der Waals surface area contributed by atoms with Crippen molar-refractivity contribution in [2.45, 2.75) is 0 Å². The van der Waals surface area contributed by atoms with Crippen LogP contribution in [-0.2, 0) is 0 Å². The van der Waals surface area contributed by atoms with Gasteiger partial charge in [0.1, 0.15) is 5.75 Å². The van der Waals surface area contributed by atoms with Crippen LogP contribution in [-0.4, -0.2) is 51.1 Å². The van der Waals surface area contributed by atoms with Crippen LogP contribution >= 0.6 is 11.6 Å². The van der Waals surface area contributed by atoms with Crippen LogP contribution in [0.25, 0.3) is 0 Å². The molecule has 1 saturated heterocycles. The van der Waals surface area contributed by atoms with Crippen LogP contribution in [0.15, 0.2) is 42.5 Å². The van der Waals surface area contributed by atoms with E-state index in [-0.39, 0.29) is 5.91 Å². The summed E-state index contributed by atoms with van der Waals surface area (Å²) in [5.41, 5.74) is 2.23. The van der Waals surface area contributed by atoms with E-state index >= 15 is 0 Å². The molecule has 1 N–H and O–H groups in total. The Labute approximate surface area is 153 Å². The number of halogens is 1. The lowest BCUT2D eigenvalue weighted by atomic mass is 10.2. The van der Waals surface area contributed by atoms with Crippen molar-refractivity contribution in [3.8, 4) is 5.75 Å². The lowest BCUT2D eigenvalue weighted by Gasteiger charge is -2.34. The number of ether oxygens (including phenoxy) is 1. The molecule has 0 aromatic heterocycles. The molecule has 1 aliphatic heterocycles. The van der Waals surface area contributed by atoms with Gasteiger partial charge in [-0.25, -0.2) is 0 Å². The number of nitrogens with one attached hydrogen (secondary N) is 1. The number of amides is 1. The van der Waals surface area contributed by atoms with E-state index < -0.39 is 0 Å². The molecule has 3 rings (SSSR count). The third-order valence-corrected chi connectivity index (χ3v) is 4.68. The fourth-order valence-corrected chi connectivity index (χ4v) is 3.16. The molecule has 1 amide bonds. The summed E-state index contributed by atoms with van der Waals surface area (Å²) in [7, 11) is 3.70. The molecule has 0 aliphatic carbocycles. The minimum atomic E-state index is -0.192. The molecule has 1 heterocycles. The molecule has 1 fully saturated rings. The Balaban J connectivity index is 1.71. The second kappa shape index (κ2) is 7.76. The van der Waals surface area contributed by atoms with E-state index in [1.165, 1.54) is 0 Å². The lowest BCUT2D eigenvalue weighted by molar-refractivity contribution is 0.102. The van der Waals surface area contributed by atoms with Crippen LogP contribution in [0.4, 0.5) is 11.4 Å². The number of anilines is 2. The summed E-state index contributed by atoms with van der Waals surface area (Å²) in [6.45, 7) is 3.94. The van der Waals surface area contributed by atoms with Crippen molar-refractivity contribution in [2.75, 3.05) is 50.6 Å². The van der Waals surface area contributed by atoms with E-state index in [0.717, 1.165) is 31.9 Å². The molecule has 0 bridgehead atoms. The molecule has 132 valence electrons. The number of carbonyl (C=O) groups excluding carboxylic acids is 1. The Morgan fingerprint density at radius 2 is 1.88 bits per heavy atom. The highest BCUT2D eigenvalue weighted by atomic mass is 35.5. The predicted octanol–water partition coefficient (Wildman–Crippen LogP) is 3.35. The van der Waals surface area contributed by atoms with Gasteiger partial charge < -0.3 is 19.9 Å². The van der Waals surface area contributed by atoms with Crippen LogP contribution in [0.1, 0.15) is 10.4 Å². The summed E-state index contributed by atoms with van der Waals surface area (Å²) < 4.78 is 5.15. The fourth-order valence-electron chi connectivity index (χ4n) is 2.86. The van der Waals surface area contributed by atoms with Gasteiger partial charge in [0.25, 0.3) is 5.91 Å². The SMILES string of the molecule is COc1cccc(C(=O)Nc2ccc(N3CCN(C)CC3)c(Cl)c2)c1. The summed E-state index contributed by atoms with van der Waals surface area (Å²) in [6.07, 6.45) is 0. The fraction of sp³-hybridized carbons (Fsp3) is 0.316. The van der Waals surface area contributed by atoms with Gasteiger partial charge in [0.2, 0.25) is 0 Å². The third kappa shape index (κ3) is 4.24. The summed E-state index contributed by atoms with van der Waals surface area (Å²) in [5.74, 6) is 0.457. The molecule has 0 spiro atoms. The van der Waals surface area contributed by atoms with Gasteiger partial charge in [-0.15, -0.1) is 0 Å². The topological polar surface area (TPSA) is 44.8 Å². The minimum Gasteiger partial charge on any atom is -0.497 e. The third-order valence-electron chi connectivity index (χ3n) is 4.38. The lowest BCUT2D eigenvalue weighted by Crippen LogP contribution is -2.44. The second-order valence-corrected chi connectivity index (χ2v) is 6.55. The van der Waals surface area contributed by atoms with E-state index in [9.17, 15) is 4.79 Å². The van der Waals surface area contributed by atoms with Crippen LogP contribution in [0.5, 0.6) is 5.75 Å². The smallest absolute Gasteiger partial charge is 0.255 e. The maximum Gasteiger partial charge on any atom is 0.255 e. The molecule has 2 aromatic carbocycles. The molecule has 0 radical (unpaired) electrons. The normalized spacial score (nSPS) is 15.1. The average molecular weight is 360 g/mol. The first-order valence-corrected chi connectivity index (χ1v) is 8.63. The molecule has 0 unspecified atom stereocenters. The van der Waals surface area contributed by atoms with Gasteiger partial charge in [0.05, 0.1) is 17.8 Å². The number of carbonyl (C=O) groups is 1. The first kappa shape index (κ1) is 17.6. The number of nitrogens with zero attached hydrogens (tertiary/aromatic N) is 2. The number of hydrogen-bond acceptors (Lipinski definition) is 4. The van der Waals surface area contributed by atoms with Crippen molar-refractivity contribution < 1.29 is 9.53 Å². The molecule has 5 nitrogen and oxygen atoms in total. The summed E-state index contributed by atoms with van der Waals surface area (Å²) in [5, 5.41) is 3.53. The molecule has 25 heavy (non-hydrogen) atoms. The maximum atomic E-state index is 12.4. The second-order valence-electron chi connectivity index (χ2n) is 6.14. The van der Waals surface area contributed by atoms with E-state index in [2.05, 4.69) is 22.2 Å². The van der Waals surface area contributed by atoms with Crippen LogP contribution < -0.4 is 15.0 Å². The Hall–Kier alpha value is -2.24. The molecular formula is C19H22ClN3O2. The zero-order valence-electron chi connectivity index (χ0n) is 14.5. The molecule has 0 saturated carbocycles. The minimum absolute atomic E-state index is 0.192. The number of rotatable bonds is 4. The average Bonchev–Trinajstić information content (AvgIpc) is 2.63. The monoisotopic (exact) mass is 359 g/mol. The van der Waals surface area contributed by atoms with Crippen molar-refractivity contribution in [3.63, 3.8) is 0 Å². The van der Waals surface area contributed by atoms with Gasteiger partial charge >= 0.3 is 0 Å². The van der Waals surface area contributed by atoms with Gasteiger partial charge in [-0.05, 0) is 43.4 Å². The highest BCUT2D eigenvalue weighted by Crippen LogP contribution is 2.30. The highest BCUT2D eigenvalue weighted by molar-refractivity contribution is 6.33. The zero-order chi connectivity index (χ0) is 17.8. The Kier molecular flexibility index (Phi) is 5.46. The number of piperazine rings is 1. The maximum absolute atomic E-state index is 12.4. The van der Waals surface area contributed by atoms with Crippen LogP contribution in [0, 0.1) is 0 Å². The molecule has 0 atom stereocenters. The van der Waals surface area contributed by atoms with Gasteiger partial charge in [0, 0.05) is 37.4 Å². The van der Waals surface area contributed by atoms with Gasteiger partial charge in [0.15, 0.2) is 0 Å². The molecule has 1 aliphatic rings. The summed E-state index contributed by atoms with van der Waals surface area (Å²) >= 11 is 6.45. The quantitative estimate of drug-likeness (QED) is 0.909. The number of methoxy groups -OCH3 is 1. The van der Waals surface area contributed by atoms with Crippen molar-refractivity contribution in [1.82, 2.24) is 4.90 Å². The van der Waals surface area contributed by atoms with Crippen LogP contribution in [0.2, 0.25) is 5.02 Å². The van der Waals surface area contributed by atoms with Gasteiger partial charge in [-0.3, -0.25) is 4.79 Å². The predicted molar refractivity (Wildman–Crippen MR) is 102 cm³/mol. The Bertz CT molecular complexity index is 758. The van der Waals surface area contributed by atoms with Gasteiger partial charge in [-0.1, -0.05) is 17.7 Å². The molecule has 6 heteroatoms. The van der Waals surface area contributed by atoms with Gasteiger partial charge in [-0.2, -0.15) is 0 Å². The Morgan fingerprint density at radius 1 is 1.12 bits per heavy atom. The van der Waals surface area contributed by atoms with Crippen molar-refractivity contribution in [2.24, 2.45) is 0 Å². The standard InChI is InChI=1S/C19H22ClN3O2/c1-22-8-10-23(11-9-22)18-7-6-15(13-17(18)20)21-19(24)14-4-3-5-16(12-14)25-2/h3-7,12-13H,8-11H2,1-2H3,(H,21,24). The van der Waals surface area contributed by atoms with E-state index in [1.807, 2.05) is 12.1 Å². The molecular weight excluding hydrogens is 338 g/mol. The highest BCUT2D eigenvalue weighted by Gasteiger charge is 2.17.